The largest absolute Gasteiger partial charge is 0.273 e. The molecule has 0 aliphatic rings. The molecule has 6 nitrogen and oxygen atoms in total. The summed E-state index contributed by atoms with van der Waals surface area (Å²) in [6, 6.07) is 4.32. The molecule has 0 fully saturated rings. The summed E-state index contributed by atoms with van der Waals surface area (Å²) in [4.78, 5) is 21.9. The number of hydrogen-bond donors (Lipinski definition) is 1. The van der Waals surface area contributed by atoms with Crippen molar-refractivity contribution in [3.8, 4) is 0 Å². The zero-order valence-electron chi connectivity index (χ0n) is 10.5. The molecule has 0 radical (unpaired) electrons. The van der Waals surface area contributed by atoms with Crippen LogP contribution in [0.15, 0.2) is 23.3 Å². The van der Waals surface area contributed by atoms with Gasteiger partial charge in [0, 0.05) is 23.4 Å². The van der Waals surface area contributed by atoms with E-state index in [9.17, 15) is 14.9 Å². The molecule has 0 aromatic heterocycles. The Hall–Kier alpha value is -2.24. The standard InChI is InChI=1S/C12H15N3O3/c1-8(2)7-13-14-12(16)10-5-4-9(3)11(6-10)15(17)18/h4-8H,1-3H3,(H,14,16). The van der Waals surface area contributed by atoms with Gasteiger partial charge in [-0.05, 0) is 18.9 Å². The van der Waals surface area contributed by atoms with Crippen LogP contribution in [0.4, 0.5) is 5.69 Å². The second-order valence-electron chi connectivity index (χ2n) is 4.22. The van der Waals surface area contributed by atoms with Crippen LogP contribution < -0.4 is 5.43 Å². The highest BCUT2D eigenvalue weighted by atomic mass is 16.6. The number of nitro benzene ring substituents is 1. The third kappa shape index (κ3) is 3.65. The van der Waals surface area contributed by atoms with E-state index >= 15 is 0 Å². The van der Waals surface area contributed by atoms with Gasteiger partial charge in [0.15, 0.2) is 0 Å². The van der Waals surface area contributed by atoms with Gasteiger partial charge in [-0.15, -0.1) is 0 Å². The van der Waals surface area contributed by atoms with Crippen molar-refractivity contribution < 1.29 is 9.72 Å². The van der Waals surface area contributed by atoms with E-state index in [1.54, 1.807) is 19.2 Å². The number of rotatable bonds is 4. The number of amides is 1. The van der Waals surface area contributed by atoms with Crippen molar-refractivity contribution in [3.05, 3.63) is 39.4 Å². The topological polar surface area (TPSA) is 84.6 Å². The van der Waals surface area contributed by atoms with Crippen LogP contribution in [-0.4, -0.2) is 17.0 Å². The summed E-state index contributed by atoms with van der Waals surface area (Å²) in [5.74, 6) is -0.243. The number of nitrogens with one attached hydrogen (secondary N) is 1. The summed E-state index contributed by atoms with van der Waals surface area (Å²) < 4.78 is 0. The molecule has 0 atom stereocenters. The Morgan fingerprint density at radius 3 is 2.72 bits per heavy atom. The molecule has 1 amide bonds. The van der Waals surface area contributed by atoms with Crippen LogP contribution >= 0.6 is 0 Å². The van der Waals surface area contributed by atoms with E-state index in [4.69, 9.17) is 0 Å². The predicted octanol–water partition coefficient (Wildman–Crippen LogP) is 2.27. The first-order valence-electron chi connectivity index (χ1n) is 5.50. The summed E-state index contributed by atoms with van der Waals surface area (Å²) >= 11 is 0. The summed E-state index contributed by atoms with van der Waals surface area (Å²) in [5, 5.41) is 14.5. The van der Waals surface area contributed by atoms with Crippen LogP contribution in [0.25, 0.3) is 0 Å². The lowest BCUT2D eigenvalue weighted by Gasteiger charge is -2.02. The Morgan fingerprint density at radius 2 is 2.17 bits per heavy atom. The molecule has 18 heavy (non-hydrogen) atoms. The maximum atomic E-state index is 11.7. The van der Waals surface area contributed by atoms with Gasteiger partial charge < -0.3 is 0 Å². The summed E-state index contributed by atoms with van der Waals surface area (Å²) in [6.07, 6.45) is 1.58. The average Bonchev–Trinajstić information content (AvgIpc) is 2.28. The molecule has 0 heterocycles. The number of aryl methyl sites for hydroxylation is 1. The molecule has 1 aromatic rings. The van der Waals surface area contributed by atoms with E-state index in [-0.39, 0.29) is 17.2 Å². The minimum absolute atomic E-state index is 0.0736. The molecule has 1 N–H and O–H groups in total. The van der Waals surface area contributed by atoms with E-state index in [0.717, 1.165) is 0 Å². The van der Waals surface area contributed by atoms with E-state index in [2.05, 4.69) is 10.5 Å². The van der Waals surface area contributed by atoms with E-state index in [1.807, 2.05) is 13.8 Å². The first-order chi connectivity index (χ1) is 8.41. The second kappa shape index (κ2) is 5.90. The van der Waals surface area contributed by atoms with Crippen molar-refractivity contribution in [2.45, 2.75) is 20.8 Å². The molecule has 6 heteroatoms. The number of carbonyl (C=O) groups excluding carboxylic acids is 1. The van der Waals surface area contributed by atoms with Crippen molar-refractivity contribution in [1.29, 1.82) is 0 Å². The van der Waals surface area contributed by atoms with E-state index in [1.165, 1.54) is 12.1 Å². The maximum Gasteiger partial charge on any atom is 0.273 e. The Labute approximate surface area is 105 Å². The highest BCUT2D eigenvalue weighted by Gasteiger charge is 2.14. The van der Waals surface area contributed by atoms with Gasteiger partial charge in [0.25, 0.3) is 11.6 Å². The van der Waals surface area contributed by atoms with Crippen molar-refractivity contribution in [1.82, 2.24) is 5.43 Å². The van der Waals surface area contributed by atoms with Crippen molar-refractivity contribution in [2.75, 3.05) is 0 Å². The summed E-state index contributed by atoms with van der Waals surface area (Å²) in [6.45, 7) is 5.47. The zero-order chi connectivity index (χ0) is 13.7. The highest BCUT2D eigenvalue weighted by molar-refractivity contribution is 5.95. The van der Waals surface area contributed by atoms with Gasteiger partial charge in [-0.3, -0.25) is 14.9 Å². The van der Waals surface area contributed by atoms with Crippen LogP contribution in [0.3, 0.4) is 0 Å². The fourth-order valence-corrected chi connectivity index (χ4v) is 1.26. The third-order valence-corrected chi connectivity index (χ3v) is 2.21. The van der Waals surface area contributed by atoms with Gasteiger partial charge in [0.1, 0.15) is 0 Å². The van der Waals surface area contributed by atoms with E-state index < -0.39 is 10.8 Å². The van der Waals surface area contributed by atoms with Crippen molar-refractivity contribution >= 4 is 17.8 Å². The number of nitro groups is 1. The monoisotopic (exact) mass is 249 g/mol. The molecule has 0 spiro atoms. The van der Waals surface area contributed by atoms with Gasteiger partial charge in [0.05, 0.1) is 4.92 Å². The lowest BCUT2D eigenvalue weighted by atomic mass is 10.1. The molecule has 0 unspecified atom stereocenters. The van der Waals surface area contributed by atoms with Crippen molar-refractivity contribution in [2.24, 2.45) is 11.0 Å². The van der Waals surface area contributed by atoms with Gasteiger partial charge in [-0.1, -0.05) is 19.9 Å². The number of nitrogens with zero attached hydrogens (tertiary/aromatic N) is 2. The first kappa shape index (κ1) is 13.8. The van der Waals surface area contributed by atoms with E-state index in [0.29, 0.717) is 5.56 Å². The molecular weight excluding hydrogens is 234 g/mol. The molecule has 1 aromatic carbocycles. The smallest absolute Gasteiger partial charge is 0.267 e. The Kier molecular flexibility index (Phi) is 4.53. The van der Waals surface area contributed by atoms with Gasteiger partial charge in [-0.2, -0.15) is 5.10 Å². The summed E-state index contributed by atoms with van der Waals surface area (Å²) in [7, 11) is 0. The molecule has 96 valence electrons. The minimum Gasteiger partial charge on any atom is -0.267 e. The Morgan fingerprint density at radius 1 is 1.50 bits per heavy atom. The molecule has 1 rings (SSSR count). The van der Waals surface area contributed by atoms with Gasteiger partial charge in [-0.25, -0.2) is 5.43 Å². The fourth-order valence-electron chi connectivity index (χ4n) is 1.26. The zero-order valence-corrected chi connectivity index (χ0v) is 10.5. The minimum atomic E-state index is -0.510. The van der Waals surface area contributed by atoms with Crippen LogP contribution in [0.2, 0.25) is 0 Å². The molecule has 0 saturated heterocycles. The first-order valence-corrected chi connectivity index (χ1v) is 5.50. The number of hydrogen-bond acceptors (Lipinski definition) is 4. The lowest BCUT2D eigenvalue weighted by Crippen LogP contribution is -2.18. The quantitative estimate of drug-likeness (QED) is 0.504. The normalized spacial score (nSPS) is 10.9. The van der Waals surface area contributed by atoms with Crippen LogP contribution in [0.5, 0.6) is 0 Å². The molecule has 0 aliphatic heterocycles. The Bertz CT molecular complexity index is 495. The van der Waals surface area contributed by atoms with Crippen LogP contribution in [-0.2, 0) is 0 Å². The predicted molar refractivity (Wildman–Crippen MR) is 68.6 cm³/mol. The molecular formula is C12H15N3O3. The number of carbonyl (C=O) groups is 1. The lowest BCUT2D eigenvalue weighted by molar-refractivity contribution is -0.385. The van der Waals surface area contributed by atoms with Gasteiger partial charge >= 0.3 is 0 Å². The summed E-state index contributed by atoms with van der Waals surface area (Å²) in [5.41, 5.74) is 2.98. The number of hydrazone groups is 1. The number of benzene rings is 1. The molecule has 0 saturated carbocycles. The fraction of sp³-hybridized carbons (Fsp3) is 0.333. The Balaban J connectivity index is 2.87. The second-order valence-corrected chi connectivity index (χ2v) is 4.22. The van der Waals surface area contributed by atoms with Crippen LogP contribution in [0, 0.1) is 23.0 Å². The van der Waals surface area contributed by atoms with Crippen LogP contribution in [0.1, 0.15) is 29.8 Å². The SMILES string of the molecule is Cc1ccc(C(=O)NN=CC(C)C)cc1[N+](=O)[O-]. The van der Waals surface area contributed by atoms with Crippen molar-refractivity contribution in [3.63, 3.8) is 0 Å². The molecule has 0 bridgehead atoms. The maximum absolute atomic E-state index is 11.7. The highest BCUT2D eigenvalue weighted by Crippen LogP contribution is 2.19. The average molecular weight is 249 g/mol. The van der Waals surface area contributed by atoms with Gasteiger partial charge in [0.2, 0.25) is 0 Å². The molecule has 0 aliphatic carbocycles. The third-order valence-electron chi connectivity index (χ3n) is 2.21.